The summed E-state index contributed by atoms with van der Waals surface area (Å²) in [5, 5.41) is 20.5. The van der Waals surface area contributed by atoms with Gasteiger partial charge in [0.2, 0.25) is 0 Å². The third kappa shape index (κ3) is 3.62. The van der Waals surface area contributed by atoms with E-state index >= 15 is 0 Å². The summed E-state index contributed by atoms with van der Waals surface area (Å²) in [7, 11) is 0. The number of urea groups is 1. The molecule has 6 nitrogen and oxygen atoms in total. The van der Waals surface area contributed by atoms with Crippen molar-refractivity contribution < 1.29 is 19.8 Å². The van der Waals surface area contributed by atoms with Crippen LogP contribution in [-0.4, -0.2) is 52.3 Å². The number of nitrogens with one attached hydrogen (secondary N) is 1. The molecule has 0 aromatic carbocycles. The van der Waals surface area contributed by atoms with Gasteiger partial charge in [0.25, 0.3) is 0 Å². The van der Waals surface area contributed by atoms with Crippen LogP contribution < -0.4 is 5.32 Å². The number of amides is 2. The molecule has 3 N–H and O–H groups in total. The van der Waals surface area contributed by atoms with Crippen molar-refractivity contribution in [1.82, 2.24) is 10.2 Å². The fourth-order valence-corrected chi connectivity index (χ4v) is 3.42. The molecule has 1 heterocycles. The van der Waals surface area contributed by atoms with Crippen LogP contribution >= 0.6 is 0 Å². The molecule has 1 aliphatic carbocycles. The molecule has 1 saturated carbocycles. The van der Waals surface area contributed by atoms with Crippen molar-refractivity contribution in [3.05, 3.63) is 0 Å². The molecule has 1 saturated heterocycles. The SMILES string of the molecule is O=C(O)C(O)CCNC(=O)N1CCCC1C1CCCC1. The van der Waals surface area contributed by atoms with Crippen molar-refractivity contribution in [3.63, 3.8) is 0 Å². The number of hydrogen-bond acceptors (Lipinski definition) is 3. The van der Waals surface area contributed by atoms with Crippen molar-refractivity contribution >= 4 is 12.0 Å². The first kappa shape index (κ1) is 15.1. The molecule has 114 valence electrons. The van der Waals surface area contributed by atoms with Gasteiger partial charge in [-0.15, -0.1) is 0 Å². The van der Waals surface area contributed by atoms with Crippen LogP contribution in [0.15, 0.2) is 0 Å². The first-order chi connectivity index (χ1) is 9.59. The van der Waals surface area contributed by atoms with E-state index in [-0.39, 0.29) is 19.0 Å². The molecule has 2 unspecified atom stereocenters. The van der Waals surface area contributed by atoms with Gasteiger partial charge in [0, 0.05) is 25.6 Å². The standard InChI is InChI=1S/C14H24N2O4/c17-12(13(18)19)7-8-15-14(20)16-9-3-6-11(16)10-4-1-2-5-10/h10-12,17H,1-9H2,(H,15,20)(H,18,19). The fraction of sp³-hybridized carbons (Fsp3) is 0.857. The summed E-state index contributed by atoms with van der Waals surface area (Å²) >= 11 is 0. The van der Waals surface area contributed by atoms with Gasteiger partial charge in [0.1, 0.15) is 0 Å². The normalized spacial score (nSPS) is 24.9. The number of aliphatic carboxylic acids is 1. The Balaban J connectivity index is 1.77. The molecule has 0 aromatic rings. The van der Waals surface area contributed by atoms with Crippen LogP contribution in [0.5, 0.6) is 0 Å². The molecule has 2 amide bonds. The maximum Gasteiger partial charge on any atom is 0.332 e. The number of nitrogens with zero attached hydrogens (tertiary/aromatic N) is 1. The summed E-state index contributed by atoms with van der Waals surface area (Å²) in [4.78, 5) is 24.5. The van der Waals surface area contributed by atoms with Crippen molar-refractivity contribution in [3.8, 4) is 0 Å². The highest BCUT2D eigenvalue weighted by atomic mass is 16.4. The molecule has 2 aliphatic rings. The second kappa shape index (κ2) is 6.92. The monoisotopic (exact) mass is 284 g/mol. The molecule has 2 fully saturated rings. The van der Waals surface area contributed by atoms with Crippen LogP contribution in [0.2, 0.25) is 0 Å². The Morgan fingerprint density at radius 1 is 1.20 bits per heavy atom. The van der Waals surface area contributed by atoms with Crippen LogP contribution in [0.4, 0.5) is 4.79 Å². The molecule has 6 heteroatoms. The molecule has 0 radical (unpaired) electrons. The second-order valence-electron chi connectivity index (χ2n) is 5.82. The maximum absolute atomic E-state index is 12.1. The van der Waals surface area contributed by atoms with Gasteiger partial charge in [-0.25, -0.2) is 9.59 Å². The number of hydrogen-bond donors (Lipinski definition) is 3. The van der Waals surface area contributed by atoms with Crippen LogP contribution in [0.25, 0.3) is 0 Å². The van der Waals surface area contributed by atoms with E-state index in [1.165, 1.54) is 25.7 Å². The van der Waals surface area contributed by atoms with Crippen LogP contribution in [0.1, 0.15) is 44.9 Å². The molecule has 20 heavy (non-hydrogen) atoms. The smallest absolute Gasteiger partial charge is 0.332 e. The van der Waals surface area contributed by atoms with E-state index in [1.807, 2.05) is 4.90 Å². The van der Waals surface area contributed by atoms with E-state index in [2.05, 4.69) is 5.32 Å². The molecule has 1 aliphatic heterocycles. The highest BCUT2D eigenvalue weighted by Gasteiger charge is 2.35. The number of carboxylic acids is 1. The third-order valence-corrected chi connectivity index (χ3v) is 4.48. The summed E-state index contributed by atoms with van der Waals surface area (Å²) in [6, 6.07) is 0.235. The Hall–Kier alpha value is -1.30. The van der Waals surface area contributed by atoms with Gasteiger partial charge in [-0.1, -0.05) is 12.8 Å². The molecular weight excluding hydrogens is 260 g/mol. The molecule has 0 bridgehead atoms. The zero-order chi connectivity index (χ0) is 14.5. The zero-order valence-corrected chi connectivity index (χ0v) is 11.8. The lowest BCUT2D eigenvalue weighted by Crippen LogP contribution is -2.46. The van der Waals surface area contributed by atoms with Crippen molar-refractivity contribution in [2.75, 3.05) is 13.1 Å². The van der Waals surface area contributed by atoms with Crippen LogP contribution in [0, 0.1) is 5.92 Å². The molecule has 2 atom stereocenters. The third-order valence-electron chi connectivity index (χ3n) is 4.48. The fourth-order valence-electron chi connectivity index (χ4n) is 3.42. The number of carbonyl (C=O) groups excluding carboxylic acids is 1. The molecule has 2 rings (SSSR count). The zero-order valence-electron chi connectivity index (χ0n) is 11.8. The lowest BCUT2D eigenvalue weighted by Gasteiger charge is -2.29. The minimum Gasteiger partial charge on any atom is -0.479 e. The number of carboxylic acid groups (broad SMARTS) is 1. The second-order valence-corrected chi connectivity index (χ2v) is 5.82. The van der Waals surface area contributed by atoms with E-state index < -0.39 is 12.1 Å². The number of aliphatic hydroxyl groups is 1. The minimum atomic E-state index is -1.40. The minimum absolute atomic E-state index is 0.0447. The average Bonchev–Trinajstić information content (AvgIpc) is 3.08. The van der Waals surface area contributed by atoms with E-state index in [0.29, 0.717) is 12.0 Å². The van der Waals surface area contributed by atoms with Gasteiger partial charge >= 0.3 is 12.0 Å². The van der Waals surface area contributed by atoms with E-state index in [9.17, 15) is 9.59 Å². The predicted molar refractivity (Wildman–Crippen MR) is 73.3 cm³/mol. The summed E-state index contributed by atoms with van der Waals surface area (Å²) in [6.07, 6.45) is 5.73. The Kier molecular flexibility index (Phi) is 5.23. The lowest BCUT2D eigenvalue weighted by atomic mass is 9.96. The van der Waals surface area contributed by atoms with Gasteiger partial charge in [-0.3, -0.25) is 0 Å². The van der Waals surface area contributed by atoms with Crippen LogP contribution in [0.3, 0.4) is 0 Å². The van der Waals surface area contributed by atoms with Gasteiger partial charge in [-0.05, 0) is 31.6 Å². The van der Waals surface area contributed by atoms with Gasteiger partial charge in [0.15, 0.2) is 6.10 Å². The topological polar surface area (TPSA) is 89.9 Å². The Bertz CT molecular complexity index is 355. The number of likely N-dealkylation sites (tertiary alicyclic amines) is 1. The predicted octanol–water partition coefficient (Wildman–Crippen LogP) is 1.19. The van der Waals surface area contributed by atoms with Crippen molar-refractivity contribution in [2.45, 2.75) is 57.1 Å². The first-order valence-corrected chi connectivity index (χ1v) is 7.55. The Labute approximate surface area is 119 Å². The van der Waals surface area contributed by atoms with E-state index in [1.54, 1.807) is 0 Å². The van der Waals surface area contributed by atoms with Gasteiger partial charge in [0.05, 0.1) is 0 Å². The summed E-state index contributed by atoms with van der Waals surface area (Å²) < 4.78 is 0. The highest BCUT2D eigenvalue weighted by Crippen LogP contribution is 2.35. The van der Waals surface area contributed by atoms with Crippen molar-refractivity contribution in [2.24, 2.45) is 5.92 Å². The first-order valence-electron chi connectivity index (χ1n) is 7.55. The summed E-state index contributed by atoms with van der Waals surface area (Å²) in [5.41, 5.74) is 0. The highest BCUT2D eigenvalue weighted by molar-refractivity contribution is 5.75. The average molecular weight is 284 g/mol. The van der Waals surface area contributed by atoms with Gasteiger partial charge in [-0.2, -0.15) is 0 Å². The van der Waals surface area contributed by atoms with E-state index in [4.69, 9.17) is 10.2 Å². The Morgan fingerprint density at radius 3 is 2.55 bits per heavy atom. The number of aliphatic hydroxyl groups excluding tert-OH is 1. The summed E-state index contributed by atoms with van der Waals surface area (Å²) in [5.74, 6) is -0.614. The van der Waals surface area contributed by atoms with Crippen molar-refractivity contribution in [1.29, 1.82) is 0 Å². The largest absolute Gasteiger partial charge is 0.479 e. The summed E-state index contributed by atoms with van der Waals surface area (Å²) in [6.45, 7) is 0.981. The number of carbonyl (C=O) groups is 2. The molecular formula is C14H24N2O4. The quantitative estimate of drug-likeness (QED) is 0.707. The van der Waals surface area contributed by atoms with Gasteiger partial charge < -0.3 is 20.4 Å². The lowest BCUT2D eigenvalue weighted by molar-refractivity contribution is -0.146. The molecule has 0 spiro atoms. The number of rotatable bonds is 5. The maximum atomic E-state index is 12.1. The Morgan fingerprint density at radius 2 is 1.90 bits per heavy atom. The van der Waals surface area contributed by atoms with Crippen LogP contribution in [-0.2, 0) is 4.79 Å². The molecule has 0 aromatic heterocycles. The van der Waals surface area contributed by atoms with E-state index in [0.717, 1.165) is 19.4 Å².